The van der Waals surface area contributed by atoms with Crippen LogP contribution in [0.15, 0.2) is 23.2 Å². The van der Waals surface area contributed by atoms with Crippen LogP contribution in [0, 0.1) is 5.92 Å². The van der Waals surface area contributed by atoms with Gasteiger partial charge < -0.3 is 4.90 Å². The van der Waals surface area contributed by atoms with Crippen molar-refractivity contribution in [2.75, 3.05) is 25.5 Å². The Hall–Kier alpha value is -1.14. The van der Waals surface area contributed by atoms with E-state index >= 15 is 0 Å². The summed E-state index contributed by atoms with van der Waals surface area (Å²) in [6, 6.07) is 3.32. The number of hydrogen-bond donors (Lipinski definition) is 1. The monoisotopic (exact) mass is 255 g/mol. The maximum Gasteiger partial charge on any atom is 0.241 e. The molecule has 1 aliphatic rings. The van der Waals surface area contributed by atoms with Crippen molar-refractivity contribution in [3.05, 3.63) is 18.3 Å². The fourth-order valence-corrected chi connectivity index (χ4v) is 2.33. The molecule has 1 heterocycles. The van der Waals surface area contributed by atoms with Crippen LogP contribution in [-0.2, 0) is 10.0 Å². The van der Waals surface area contributed by atoms with Gasteiger partial charge in [0, 0.05) is 19.8 Å². The van der Waals surface area contributed by atoms with Gasteiger partial charge in [0.15, 0.2) is 0 Å². The summed E-state index contributed by atoms with van der Waals surface area (Å²) in [4.78, 5) is 6.44. The van der Waals surface area contributed by atoms with Gasteiger partial charge in [0.2, 0.25) is 10.0 Å². The first-order valence-corrected chi connectivity index (χ1v) is 7.12. The van der Waals surface area contributed by atoms with Crippen molar-refractivity contribution in [2.45, 2.75) is 17.7 Å². The molecule has 94 valence electrons. The van der Waals surface area contributed by atoms with Gasteiger partial charge in [0.05, 0.1) is 0 Å². The first-order chi connectivity index (χ1) is 8.03. The van der Waals surface area contributed by atoms with Crippen LogP contribution >= 0.6 is 0 Å². The van der Waals surface area contributed by atoms with Gasteiger partial charge in [-0.05, 0) is 37.9 Å². The van der Waals surface area contributed by atoms with Gasteiger partial charge in [0.25, 0.3) is 0 Å². The summed E-state index contributed by atoms with van der Waals surface area (Å²) < 4.78 is 25.3. The molecule has 0 radical (unpaired) electrons. The van der Waals surface area contributed by atoms with Crippen molar-refractivity contribution in [2.24, 2.45) is 5.92 Å². The van der Waals surface area contributed by atoms with Crippen molar-refractivity contribution >= 4 is 15.8 Å². The maximum atomic E-state index is 11.5. The Kier molecular flexibility index (Phi) is 3.35. The molecule has 0 spiro atoms. The Morgan fingerprint density at radius 1 is 1.47 bits per heavy atom. The third-order valence-electron chi connectivity index (χ3n) is 2.92. The maximum absolute atomic E-state index is 11.5. The van der Waals surface area contributed by atoms with E-state index in [1.807, 2.05) is 7.05 Å². The van der Waals surface area contributed by atoms with Crippen LogP contribution in [-0.4, -0.2) is 34.0 Å². The van der Waals surface area contributed by atoms with Crippen molar-refractivity contribution < 1.29 is 8.42 Å². The van der Waals surface area contributed by atoms with Gasteiger partial charge >= 0.3 is 0 Å². The molecule has 17 heavy (non-hydrogen) atoms. The summed E-state index contributed by atoms with van der Waals surface area (Å²) in [5.74, 6) is 1.59. The van der Waals surface area contributed by atoms with Crippen LogP contribution in [0.2, 0.25) is 0 Å². The van der Waals surface area contributed by atoms with E-state index in [0.717, 1.165) is 18.3 Å². The summed E-state index contributed by atoms with van der Waals surface area (Å²) >= 11 is 0. The second-order valence-electron chi connectivity index (χ2n) is 4.38. The number of aromatic nitrogens is 1. The average molecular weight is 255 g/mol. The zero-order valence-electron chi connectivity index (χ0n) is 10.0. The van der Waals surface area contributed by atoms with Crippen molar-refractivity contribution in [1.82, 2.24) is 9.71 Å². The molecule has 1 aromatic rings. The topological polar surface area (TPSA) is 62.3 Å². The molecule has 0 saturated heterocycles. The highest BCUT2D eigenvalue weighted by Crippen LogP contribution is 2.30. The summed E-state index contributed by atoms with van der Waals surface area (Å²) in [6.45, 7) is 0.991. The molecule has 5 nitrogen and oxygen atoms in total. The second kappa shape index (κ2) is 4.62. The summed E-state index contributed by atoms with van der Waals surface area (Å²) in [6.07, 6.45) is 3.97. The molecular weight excluding hydrogens is 238 g/mol. The zero-order chi connectivity index (χ0) is 12.5. The highest BCUT2D eigenvalue weighted by atomic mass is 32.2. The van der Waals surface area contributed by atoms with E-state index in [4.69, 9.17) is 0 Å². The first kappa shape index (κ1) is 12.3. The largest absolute Gasteiger partial charge is 0.359 e. The van der Waals surface area contributed by atoms with Crippen LogP contribution in [0.3, 0.4) is 0 Å². The number of hydrogen-bond acceptors (Lipinski definition) is 4. The van der Waals surface area contributed by atoms with Crippen molar-refractivity contribution in [3.63, 3.8) is 0 Å². The van der Waals surface area contributed by atoms with E-state index in [1.54, 1.807) is 12.1 Å². The molecule has 0 aliphatic heterocycles. The molecule has 1 aliphatic carbocycles. The summed E-state index contributed by atoms with van der Waals surface area (Å²) in [5.41, 5.74) is 0. The fraction of sp³-hybridized carbons (Fsp3) is 0.545. The van der Waals surface area contributed by atoms with E-state index in [1.165, 1.54) is 26.1 Å². The van der Waals surface area contributed by atoms with Gasteiger partial charge in [-0.15, -0.1) is 0 Å². The molecule has 2 rings (SSSR count). The number of pyridine rings is 1. The van der Waals surface area contributed by atoms with Gasteiger partial charge in [-0.1, -0.05) is 0 Å². The quantitative estimate of drug-likeness (QED) is 0.846. The molecule has 0 amide bonds. The normalized spacial score (nSPS) is 15.9. The number of sulfonamides is 1. The Morgan fingerprint density at radius 2 is 2.18 bits per heavy atom. The van der Waals surface area contributed by atoms with Crippen LogP contribution < -0.4 is 9.62 Å². The number of anilines is 1. The predicted molar refractivity (Wildman–Crippen MR) is 66.5 cm³/mol. The summed E-state index contributed by atoms with van der Waals surface area (Å²) in [7, 11) is -0.0120. The van der Waals surface area contributed by atoms with Gasteiger partial charge in [-0.25, -0.2) is 18.1 Å². The highest BCUT2D eigenvalue weighted by molar-refractivity contribution is 7.89. The van der Waals surface area contributed by atoms with E-state index in [9.17, 15) is 8.42 Å². The van der Waals surface area contributed by atoms with Crippen LogP contribution in [0.1, 0.15) is 12.8 Å². The molecule has 1 saturated carbocycles. The standard InChI is InChI=1S/C11H17N3O2S/c1-12-17(15,16)10-5-6-11(13-7-10)14(2)8-9-3-4-9/h5-7,9,12H,3-4,8H2,1-2H3. The van der Waals surface area contributed by atoms with Gasteiger partial charge in [0.1, 0.15) is 10.7 Å². The molecule has 0 atom stereocenters. The van der Waals surface area contributed by atoms with Crippen molar-refractivity contribution in [1.29, 1.82) is 0 Å². The average Bonchev–Trinajstić information content (AvgIpc) is 3.13. The van der Waals surface area contributed by atoms with E-state index < -0.39 is 10.0 Å². The Balaban J connectivity index is 2.11. The zero-order valence-corrected chi connectivity index (χ0v) is 10.9. The lowest BCUT2D eigenvalue weighted by Gasteiger charge is -2.17. The SMILES string of the molecule is CNS(=O)(=O)c1ccc(N(C)CC2CC2)nc1. The van der Waals surface area contributed by atoms with Gasteiger partial charge in [-0.2, -0.15) is 0 Å². The molecule has 1 aromatic heterocycles. The van der Waals surface area contributed by atoms with E-state index in [-0.39, 0.29) is 4.90 Å². The smallest absolute Gasteiger partial charge is 0.241 e. The predicted octanol–water partition coefficient (Wildman–Crippen LogP) is 0.836. The van der Waals surface area contributed by atoms with Crippen LogP contribution in [0.5, 0.6) is 0 Å². The molecule has 1 N–H and O–H groups in total. The second-order valence-corrected chi connectivity index (χ2v) is 6.27. The molecule has 0 bridgehead atoms. The Morgan fingerprint density at radius 3 is 2.65 bits per heavy atom. The lowest BCUT2D eigenvalue weighted by molar-refractivity contribution is 0.588. The molecular formula is C11H17N3O2S. The van der Waals surface area contributed by atoms with Crippen molar-refractivity contribution in [3.8, 4) is 0 Å². The molecule has 1 fully saturated rings. The third kappa shape index (κ3) is 2.95. The molecule has 0 aromatic carbocycles. The third-order valence-corrected chi connectivity index (χ3v) is 4.32. The minimum Gasteiger partial charge on any atom is -0.359 e. The van der Waals surface area contributed by atoms with Crippen LogP contribution in [0.4, 0.5) is 5.82 Å². The Labute approximate surface area is 102 Å². The highest BCUT2D eigenvalue weighted by Gasteiger charge is 2.23. The Bertz CT molecular complexity index is 480. The molecule has 6 heteroatoms. The molecule has 0 unspecified atom stereocenters. The number of nitrogens with one attached hydrogen (secondary N) is 1. The van der Waals surface area contributed by atoms with Crippen LogP contribution in [0.25, 0.3) is 0 Å². The minimum absolute atomic E-state index is 0.198. The first-order valence-electron chi connectivity index (χ1n) is 5.63. The van der Waals surface area contributed by atoms with Gasteiger partial charge in [-0.3, -0.25) is 0 Å². The summed E-state index contributed by atoms with van der Waals surface area (Å²) in [5, 5.41) is 0. The number of nitrogens with zero attached hydrogens (tertiary/aromatic N) is 2. The minimum atomic E-state index is -3.38. The lowest BCUT2D eigenvalue weighted by Crippen LogP contribution is -2.22. The van der Waals surface area contributed by atoms with E-state index in [2.05, 4.69) is 14.6 Å². The van der Waals surface area contributed by atoms with E-state index in [0.29, 0.717) is 0 Å². The number of rotatable bonds is 5. The fourth-order valence-electron chi connectivity index (χ4n) is 1.66. The lowest BCUT2D eigenvalue weighted by atomic mass is 10.3.